The van der Waals surface area contributed by atoms with Crippen LogP contribution in [0.2, 0.25) is 0 Å². The molecule has 1 fully saturated rings. The highest BCUT2D eigenvalue weighted by molar-refractivity contribution is 5.81. The van der Waals surface area contributed by atoms with E-state index >= 15 is 0 Å². The minimum atomic E-state index is -0.293. The zero-order chi connectivity index (χ0) is 19.5. The van der Waals surface area contributed by atoms with Gasteiger partial charge in [-0.25, -0.2) is 9.07 Å². The largest absolute Gasteiger partial charge is 0.337 e. The van der Waals surface area contributed by atoms with Gasteiger partial charge in [-0.1, -0.05) is 18.2 Å². The van der Waals surface area contributed by atoms with E-state index in [1.54, 1.807) is 16.8 Å². The van der Waals surface area contributed by atoms with Gasteiger partial charge in [0.2, 0.25) is 5.91 Å². The van der Waals surface area contributed by atoms with Crippen LogP contribution in [0.3, 0.4) is 0 Å². The molecule has 1 atom stereocenters. The molecule has 1 saturated heterocycles. The quantitative estimate of drug-likeness (QED) is 0.759. The van der Waals surface area contributed by atoms with Crippen molar-refractivity contribution >= 4 is 5.91 Å². The summed E-state index contributed by atoms with van der Waals surface area (Å²) in [5.41, 5.74) is 3.26. The van der Waals surface area contributed by atoms with Crippen LogP contribution in [0.25, 0.3) is 16.9 Å². The summed E-state index contributed by atoms with van der Waals surface area (Å²) < 4.78 is 15.2. The number of nitrogens with zero attached hydrogens (tertiary/aromatic N) is 3. The van der Waals surface area contributed by atoms with Crippen molar-refractivity contribution in [2.75, 3.05) is 19.6 Å². The van der Waals surface area contributed by atoms with Gasteiger partial charge >= 0.3 is 0 Å². The third-order valence-electron chi connectivity index (χ3n) is 5.09. The highest BCUT2D eigenvalue weighted by Gasteiger charge is 2.25. The molecule has 1 aliphatic heterocycles. The lowest BCUT2D eigenvalue weighted by molar-refractivity contribution is -0.133. The molecule has 0 spiro atoms. The number of carbonyl (C=O) groups is 1. The van der Waals surface area contributed by atoms with Crippen LogP contribution in [0.5, 0.6) is 0 Å². The van der Waals surface area contributed by atoms with Crippen LogP contribution >= 0.6 is 0 Å². The van der Waals surface area contributed by atoms with Gasteiger partial charge in [0.25, 0.3) is 0 Å². The number of hydrogen-bond donors (Lipinski definition) is 1. The summed E-state index contributed by atoms with van der Waals surface area (Å²) in [6, 6.07) is 16.2. The monoisotopic (exact) mass is 378 g/mol. The van der Waals surface area contributed by atoms with Crippen molar-refractivity contribution in [2.45, 2.75) is 19.4 Å². The Bertz CT molecular complexity index is 952. The van der Waals surface area contributed by atoms with E-state index in [1.165, 1.54) is 12.1 Å². The molecule has 0 radical (unpaired) electrons. The number of rotatable bonds is 4. The Hall–Kier alpha value is -2.99. The highest BCUT2D eigenvalue weighted by Crippen LogP contribution is 2.25. The predicted molar refractivity (Wildman–Crippen MR) is 107 cm³/mol. The standard InChI is InChI=1S/C22H23FN4O/c1-16-14-24-11-12-26(16)21(28)13-18-15-27(20-5-3-2-4-6-20)25-22(18)17-7-9-19(23)10-8-17/h2-10,15-16,24H,11-14H2,1H3. The number of halogens is 1. The zero-order valence-electron chi connectivity index (χ0n) is 15.8. The first kappa shape index (κ1) is 18.4. The van der Waals surface area contributed by atoms with E-state index in [9.17, 15) is 9.18 Å². The number of benzene rings is 2. The van der Waals surface area contributed by atoms with Crippen LogP contribution in [0.15, 0.2) is 60.8 Å². The Morgan fingerprint density at radius 2 is 1.93 bits per heavy atom. The molecule has 1 unspecified atom stereocenters. The molecule has 6 heteroatoms. The molecule has 3 aromatic rings. The van der Waals surface area contributed by atoms with Gasteiger partial charge in [0, 0.05) is 43.0 Å². The number of carbonyl (C=O) groups excluding carboxylic acids is 1. The van der Waals surface area contributed by atoms with Crippen molar-refractivity contribution < 1.29 is 9.18 Å². The van der Waals surface area contributed by atoms with Crippen molar-refractivity contribution in [1.82, 2.24) is 20.0 Å². The number of piperazine rings is 1. The normalized spacial score (nSPS) is 16.9. The number of para-hydroxylation sites is 1. The molecule has 5 nitrogen and oxygen atoms in total. The third kappa shape index (κ3) is 3.82. The maximum Gasteiger partial charge on any atom is 0.227 e. The second-order valence-electron chi connectivity index (χ2n) is 7.11. The van der Waals surface area contributed by atoms with Crippen molar-refractivity contribution in [1.29, 1.82) is 0 Å². The van der Waals surface area contributed by atoms with Crippen LogP contribution in [0.4, 0.5) is 4.39 Å². The molecule has 1 aromatic heterocycles. The minimum Gasteiger partial charge on any atom is -0.337 e. The molecule has 0 bridgehead atoms. The smallest absolute Gasteiger partial charge is 0.227 e. The van der Waals surface area contributed by atoms with E-state index in [0.29, 0.717) is 12.2 Å². The lowest BCUT2D eigenvalue weighted by Crippen LogP contribution is -2.52. The van der Waals surface area contributed by atoms with E-state index in [4.69, 9.17) is 5.10 Å². The highest BCUT2D eigenvalue weighted by atomic mass is 19.1. The SMILES string of the molecule is CC1CNCCN1C(=O)Cc1cn(-c2ccccc2)nc1-c1ccc(F)cc1. The predicted octanol–water partition coefficient (Wildman–Crippen LogP) is 3.04. The maximum atomic E-state index is 13.4. The van der Waals surface area contributed by atoms with Gasteiger partial charge in [0.05, 0.1) is 17.8 Å². The van der Waals surface area contributed by atoms with E-state index in [2.05, 4.69) is 12.2 Å². The van der Waals surface area contributed by atoms with Gasteiger partial charge in [0.1, 0.15) is 5.82 Å². The number of aromatic nitrogens is 2. The Morgan fingerprint density at radius 3 is 2.64 bits per heavy atom. The van der Waals surface area contributed by atoms with Crippen LogP contribution in [-0.4, -0.2) is 46.3 Å². The van der Waals surface area contributed by atoms with Gasteiger partial charge in [-0.15, -0.1) is 0 Å². The molecule has 2 aromatic carbocycles. The Balaban J connectivity index is 1.69. The maximum absolute atomic E-state index is 13.4. The molecule has 144 valence electrons. The second kappa shape index (κ2) is 7.94. The first-order valence-electron chi connectivity index (χ1n) is 9.52. The fourth-order valence-corrected chi connectivity index (χ4v) is 3.58. The van der Waals surface area contributed by atoms with Crippen molar-refractivity contribution in [3.8, 4) is 16.9 Å². The molecule has 4 rings (SSSR count). The topological polar surface area (TPSA) is 50.2 Å². The first-order chi connectivity index (χ1) is 13.6. The second-order valence-corrected chi connectivity index (χ2v) is 7.11. The summed E-state index contributed by atoms with van der Waals surface area (Å²) in [6.45, 7) is 4.38. The summed E-state index contributed by atoms with van der Waals surface area (Å²) in [6.07, 6.45) is 2.17. The van der Waals surface area contributed by atoms with E-state index < -0.39 is 0 Å². The van der Waals surface area contributed by atoms with Crippen LogP contribution < -0.4 is 5.32 Å². The van der Waals surface area contributed by atoms with Gasteiger partial charge in [0.15, 0.2) is 0 Å². The molecular formula is C22H23FN4O. The van der Waals surface area contributed by atoms with E-state index in [1.807, 2.05) is 41.4 Å². The summed E-state index contributed by atoms with van der Waals surface area (Å²) in [7, 11) is 0. The molecule has 28 heavy (non-hydrogen) atoms. The van der Waals surface area contributed by atoms with Gasteiger partial charge < -0.3 is 10.2 Å². The van der Waals surface area contributed by atoms with Crippen LogP contribution in [0.1, 0.15) is 12.5 Å². The number of hydrogen-bond acceptors (Lipinski definition) is 3. The van der Waals surface area contributed by atoms with Crippen molar-refractivity contribution in [2.24, 2.45) is 0 Å². The molecule has 1 aliphatic rings. The number of nitrogens with one attached hydrogen (secondary N) is 1. The fourth-order valence-electron chi connectivity index (χ4n) is 3.58. The molecule has 2 heterocycles. The van der Waals surface area contributed by atoms with Crippen LogP contribution in [0, 0.1) is 5.82 Å². The summed E-state index contributed by atoms with van der Waals surface area (Å²) in [4.78, 5) is 14.9. The average molecular weight is 378 g/mol. The molecule has 0 aliphatic carbocycles. The third-order valence-corrected chi connectivity index (χ3v) is 5.09. The number of amides is 1. The molecule has 1 N–H and O–H groups in total. The Kier molecular flexibility index (Phi) is 5.21. The average Bonchev–Trinajstić information content (AvgIpc) is 3.13. The Morgan fingerprint density at radius 1 is 1.18 bits per heavy atom. The van der Waals surface area contributed by atoms with Crippen molar-refractivity contribution in [3.63, 3.8) is 0 Å². The Labute approximate surface area is 163 Å². The summed E-state index contributed by atoms with van der Waals surface area (Å²) in [5, 5.41) is 8.01. The van der Waals surface area contributed by atoms with Gasteiger partial charge in [-0.3, -0.25) is 4.79 Å². The molecular weight excluding hydrogens is 355 g/mol. The summed E-state index contributed by atoms with van der Waals surface area (Å²) >= 11 is 0. The van der Waals surface area contributed by atoms with Crippen molar-refractivity contribution in [3.05, 3.63) is 72.2 Å². The van der Waals surface area contributed by atoms with E-state index in [-0.39, 0.29) is 24.2 Å². The van der Waals surface area contributed by atoms with Crippen LogP contribution in [-0.2, 0) is 11.2 Å². The molecule has 1 amide bonds. The first-order valence-corrected chi connectivity index (χ1v) is 9.52. The molecule has 0 saturated carbocycles. The van der Waals surface area contributed by atoms with E-state index in [0.717, 1.165) is 29.9 Å². The van der Waals surface area contributed by atoms with Gasteiger partial charge in [-0.2, -0.15) is 5.10 Å². The minimum absolute atomic E-state index is 0.0879. The lowest BCUT2D eigenvalue weighted by atomic mass is 10.0. The fraction of sp³-hybridized carbons (Fsp3) is 0.273. The lowest BCUT2D eigenvalue weighted by Gasteiger charge is -2.34. The van der Waals surface area contributed by atoms with Gasteiger partial charge in [-0.05, 0) is 43.3 Å². The zero-order valence-corrected chi connectivity index (χ0v) is 15.8. The summed E-state index contributed by atoms with van der Waals surface area (Å²) in [5.74, 6) is -0.205.